The SMILES string of the molecule is COc1ccc(C(NCCCC[C@H](NC(=O)OCC2c3ccccc3-c3ccccc32)C(=O)Oc2c(F)c(F)c(F)c(F)c2F)(c2ccccc2)c2ccccc2)cc1. The fraction of sp³-hybridized carbons (Fsp3) is 0.191. The van der Waals surface area contributed by atoms with Gasteiger partial charge in [0.25, 0.3) is 0 Å². The molecule has 0 heterocycles. The Balaban J connectivity index is 1.10. The van der Waals surface area contributed by atoms with Crippen molar-refractivity contribution in [3.8, 4) is 22.6 Å². The van der Waals surface area contributed by atoms with Crippen LogP contribution in [0.3, 0.4) is 0 Å². The second kappa shape index (κ2) is 17.9. The third-order valence-corrected chi connectivity index (χ3v) is 10.5. The quantitative estimate of drug-likeness (QED) is 0.0205. The van der Waals surface area contributed by atoms with Gasteiger partial charge in [0.1, 0.15) is 18.4 Å². The van der Waals surface area contributed by atoms with Gasteiger partial charge in [-0.3, -0.25) is 5.32 Å². The van der Waals surface area contributed by atoms with E-state index in [0.29, 0.717) is 18.7 Å². The Hall–Kier alpha value is -6.53. The second-order valence-corrected chi connectivity index (χ2v) is 14.0. The van der Waals surface area contributed by atoms with Crippen molar-refractivity contribution >= 4 is 12.1 Å². The number of hydrogen-bond donors (Lipinski definition) is 2. The molecular formula is C47H39F5N2O5. The monoisotopic (exact) mass is 806 g/mol. The van der Waals surface area contributed by atoms with Crippen LogP contribution in [0.5, 0.6) is 11.5 Å². The van der Waals surface area contributed by atoms with E-state index < -0.39 is 58.5 Å². The number of unbranched alkanes of at least 4 members (excludes halogenated alkanes) is 1. The lowest BCUT2D eigenvalue weighted by molar-refractivity contribution is -0.137. The molecule has 12 heteroatoms. The highest BCUT2D eigenvalue weighted by Crippen LogP contribution is 2.44. The molecule has 0 saturated carbocycles. The maximum Gasteiger partial charge on any atom is 0.407 e. The minimum atomic E-state index is -2.41. The normalized spacial score (nSPS) is 12.6. The molecule has 0 fully saturated rings. The van der Waals surface area contributed by atoms with Crippen molar-refractivity contribution < 1.29 is 45.8 Å². The Morgan fingerprint density at radius 3 is 1.66 bits per heavy atom. The summed E-state index contributed by atoms with van der Waals surface area (Å²) < 4.78 is 87.0. The molecule has 0 unspecified atom stereocenters. The van der Waals surface area contributed by atoms with Crippen molar-refractivity contribution in [1.82, 2.24) is 10.6 Å². The average Bonchev–Trinajstić information content (AvgIpc) is 3.60. The molecule has 0 saturated heterocycles. The summed E-state index contributed by atoms with van der Waals surface area (Å²) in [5, 5.41) is 6.13. The van der Waals surface area contributed by atoms with Gasteiger partial charge in [-0.25, -0.2) is 22.8 Å². The summed E-state index contributed by atoms with van der Waals surface area (Å²) >= 11 is 0. The molecule has 7 rings (SSSR count). The molecule has 7 nitrogen and oxygen atoms in total. The first-order chi connectivity index (χ1) is 28.6. The molecule has 0 radical (unpaired) electrons. The molecule has 0 aliphatic heterocycles. The third kappa shape index (κ3) is 8.26. The summed E-state index contributed by atoms with van der Waals surface area (Å²) in [6.07, 6.45) is -0.561. The summed E-state index contributed by atoms with van der Waals surface area (Å²) in [4.78, 5) is 26.8. The molecule has 6 aromatic rings. The van der Waals surface area contributed by atoms with E-state index in [4.69, 9.17) is 14.2 Å². The van der Waals surface area contributed by atoms with Gasteiger partial charge in [0, 0.05) is 5.92 Å². The number of fused-ring (bicyclic) bond motifs is 3. The fourth-order valence-electron chi connectivity index (χ4n) is 7.65. The first-order valence-electron chi connectivity index (χ1n) is 19.0. The van der Waals surface area contributed by atoms with Gasteiger partial charge in [0.15, 0.2) is 0 Å². The predicted molar refractivity (Wildman–Crippen MR) is 211 cm³/mol. The van der Waals surface area contributed by atoms with Gasteiger partial charge < -0.3 is 19.5 Å². The smallest absolute Gasteiger partial charge is 0.407 e. The van der Waals surface area contributed by atoms with Crippen LogP contribution >= 0.6 is 0 Å². The van der Waals surface area contributed by atoms with Gasteiger partial charge in [0.05, 0.1) is 12.6 Å². The van der Waals surface area contributed by atoms with Crippen molar-refractivity contribution in [3.05, 3.63) is 190 Å². The van der Waals surface area contributed by atoms with Crippen molar-refractivity contribution in [2.75, 3.05) is 20.3 Å². The molecule has 2 N–H and O–H groups in total. The molecule has 1 aliphatic rings. The molecule has 1 atom stereocenters. The second-order valence-electron chi connectivity index (χ2n) is 14.0. The number of alkyl carbamates (subject to hydrolysis) is 1. The molecule has 302 valence electrons. The van der Waals surface area contributed by atoms with Crippen molar-refractivity contribution in [3.63, 3.8) is 0 Å². The number of hydrogen-bond acceptors (Lipinski definition) is 6. The molecule has 1 aliphatic carbocycles. The average molecular weight is 807 g/mol. The minimum absolute atomic E-state index is 0.115. The molecule has 1 amide bonds. The zero-order valence-electron chi connectivity index (χ0n) is 31.8. The number of carbonyl (C=O) groups excluding carboxylic acids is 2. The number of esters is 1. The zero-order chi connectivity index (χ0) is 41.5. The van der Waals surface area contributed by atoms with E-state index in [1.165, 1.54) is 0 Å². The highest BCUT2D eigenvalue weighted by molar-refractivity contribution is 5.83. The topological polar surface area (TPSA) is 85.9 Å². The summed E-state index contributed by atoms with van der Waals surface area (Å²) in [5.74, 6) is -14.5. The lowest BCUT2D eigenvalue weighted by Crippen LogP contribution is -2.45. The summed E-state index contributed by atoms with van der Waals surface area (Å²) in [7, 11) is 1.59. The van der Waals surface area contributed by atoms with Crippen LogP contribution in [0.4, 0.5) is 26.7 Å². The Morgan fingerprint density at radius 2 is 1.12 bits per heavy atom. The van der Waals surface area contributed by atoms with Crippen LogP contribution in [0.25, 0.3) is 11.1 Å². The lowest BCUT2D eigenvalue weighted by atomic mass is 9.77. The van der Waals surface area contributed by atoms with Gasteiger partial charge in [-0.1, -0.05) is 121 Å². The van der Waals surface area contributed by atoms with E-state index in [9.17, 15) is 31.5 Å². The van der Waals surface area contributed by atoms with E-state index in [0.717, 1.165) is 38.9 Å². The number of methoxy groups -OCH3 is 1. The Labute approximate surface area is 337 Å². The Bertz CT molecular complexity index is 2320. The Morgan fingerprint density at radius 1 is 0.627 bits per heavy atom. The number of amides is 1. The number of benzene rings is 6. The van der Waals surface area contributed by atoms with Crippen LogP contribution in [-0.2, 0) is 15.1 Å². The number of rotatable bonds is 15. The first-order valence-corrected chi connectivity index (χ1v) is 19.0. The Kier molecular flexibility index (Phi) is 12.4. The van der Waals surface area contributed by atoms with Crippen LogP contribution in [0.15, 0.2) is 133 Å². The van der Waals surface area contributed by atoms with Crippen LogP contribution in [-0.4, -0.2) is 38.4 Å². The van der Waals surface area contributed by atoms with Crippen LogP contribution in [0.2, 0.25) is 0 Å². The van der Waals surface area contributed by atoms with Crippen LogP contribution in [0, 0.1) is 29.1 Å². The maximum absolute atomic E-state index is 14.6. The number of carbonyl (C=O) groups is 2. The van der Waals surface area contributed by atoms with Crippen molar-refractivity contribution in [2.24, 2.45) is 0 Å². The molecule has 0 aromatic heterocycles. The van der Waals surface area contributed by atoms with Crippen molar-refractivity contribution in [2.45, 2.75) is 36.8 Å². The van der Waals surface area contributed by atoms with E-state index >= 15 is 0 Å². The van der Waals surface area contributed by atoms with Crippen LogP contribution < -0.4 is 20.1 Å². The van der Waals surface area contributed by atoms with E-state index in [1.807, 2.05) is 133 Å². The first kappa shape index (κ1) is 40.7. The minimum Gasteiger partial charge on any atom is -0.497 e. The van der Waals surface area contributed by atoms with Gasteiger partial charge in [-0.05, 0) is 76.9 Å². The summed E-state index contributed by atoms with van der Waals surface area (Å²) in [5.41, 5.74) is 5.81. The predicted octanol–water partition coefficient (Wildman–Crippen LogP) is 9.96. The molecule has 0 spiro atoms. The van der Waals surface area contributed by atoms with Gasteiger partial charge >= 0.3 is 12.1 Å². The third-order valence-electron chi connectivity index (χ3n) is 10.5. The molecule has 6 aromatic carbocycles. The largest absolute Gasteiger partial charge is 0.497 e. The van der Waals surface area contributed by atoms with E-state index in [2.05, 4.69) is 10.6 Å². The van der Waals surface area contributed by atoms with E-state index in [-0.39, 0.29) is 25.4 Å². The molecule has 59 heavy (non-hydrogen) atoms. The fourth-order valence-corrected chi connectivity index (χ4v) is 7.65. The number of halogens is 5. The van der Waals surface area contributed by atoms with Gasteiger partial charge in [0.2, 0.25) is 34.8 Å². The standard InChI is InChI=1S/C47H39F5N2O5/c1-57-32-25-23-31(24-26-32)47(29-14-4-2-5-15-29,30-16-6-3-7-17-30)53-27-13-12-22-38(45(55)59-44-42(51)40(49)39(48)41(50)43(44)52)54-46(56)58-28-37-35-20-10-8-18-33(35)34-19-9-11-21-36(34)37/h2-11,14-21,23-26,37-38,53H,12-13,22,27-28H2,1H3,(H,54,56)/t38-/m0/s1. The van der Waals surface area contributed by atoms with Crippen molar-refractivity contribution in [1.29, 1.82) is 0 Å². The van der Waals surface area contributed by atoms with E-state index in [1.54, 1.807) is 7.11 Å². The maximum atomic E-state index is 14.6. The molecule has 0 bridgehead atoms. The van der Waals surface area contributed by atoms with Crippen LogP contribution in [0.1, 0.15) is 53.0 Å². The van der Waals surface area contributed by atoms with Gasteiger partial charge in [-0.15, -0.1) is 0 Å². The molecular weight excluding hydrogens is 768 g/mol. The van der Waals surface area contributed by atoms with Gasteiger partial charge in [-0.2, -0.15) is 8.78 Å². The number of ether oxygens (including phenoxy) is 3. The lowest BCUT2D eigenvalue weighted by Gasteiger charge is -2.37. The highest BCUT2D eigenvalue weighted by atomic mass is 19.2. The highest BCUT2D eigenvalue weighted by Gasteiger charge is 2.37. The summed E-state index contributed by atoms with van der Waals surface area (Å²) in [6, 6.07) is 41.0. The zero-order valence-corrected chi connectivity index (χ0v) is 31.8. The summed E-state index contributed by atoms with van der Waals surface area (Å²) in [6.45, 7) is 0.246. The number of nitrogens with one attached hydrogen (secondary N) is 2.